The van der Waals surface area contributed by atoms with Crippen molar-refractivity contribution in [2.45, 2.75) is 57.0 Å². The Hall–Kier alpha value is -0.840. The van der Waals surface area contributed by atoms with Crippen LogP contribution in [0.1, 0.15) is 44.9 Å². The van der Waals surface area contributed by atoms with Crippen LogP contribution in [0.2, 0.25) is 0 Å². The van der Waals surface area contributed by atoms with Gasteiger partial charge in [-0.25, -0.2) is 4.79 Å². The molecule has 0 aromatic carbocycles. The zero-order chi connectivity index (χ0) is 12.3. The minimum absolute atomic E-state index is 0.0994. The summed E-state index contributed by atoms with van der Waals surface area (Å²) in [6.45, 7) is 0.658. The van der Waals surface area contributed by atoms with E-state index in [0.717, 1.165) is 25.7 Å². The van der Waals surface area contributed by atoms with Crippen LogP contribution in [0.25, 0.3) is 0 Å². The number of carbonyl (C=O) groups excluding carboxylic acids is 2. The third-order valence-electron chi connectivity index (χ3n) is 3.72. The molecule has 1 aliphatic heterocycles. The van der Waals surface area contributed by atoms with Gasteiger partial charge in [-0.15, -0.1) is 0 Å². The predicted octanol–water partition coefficient (Wildman–Crippen LogP) is 1.57. The lowest BCUT2D eigenvalue weighted by molar-refractivity contribution is -0.114. The molecule has 2 amide bonds. The monoisotopic (exact) mass is 255 g/mol. The lowest BCUT2D eigenvalue weighted by atomic mass is 9.96. The minimum atomic E-state index is -0.367. The molecule has 96 valence electrons. The van der Waals surface area contributed by atoms with Crippen molar-refractivity contribution in [1.29, 1.82) is 0 Å². The number of carbonyl (C=O) groups is 2. The summed E-state index contributed by atoms with van der Waals surface area (Å²) in [6.07, 6.45) is 7.37. The summed E-state index contributed by atoms with van der Waals surface area (Å²) >= 11 is 4.68. The Morgan fingerprint density at radius 2 is 1.76 bits per heavy atom. The Morgan fingerprint density at radius 3 is 2.41 bits per heavy atom. The topological polar surface area (TPSA) is 49.4 Å². The van der Waals surface area contributed by atoms with Crippen LogP contribution in [-0.2, 0) is 17.4 Å². The average molecular weight is 255 g/mol. The van der Waals surface area contributed by atoms with Crippen LogP contribution in [0.4, 0.5) is 4.79 Å². The van der Waals surface area contributed by atoms with Crippen molar-refractivity contribution < 1.29 is 9.59 Å². The number of nitrogens with one attached hydrogen (secondary N) is 1. The highest BCUT2D eigenvalue weighted by Crippen LogP contribution is 2.20. The van der Waals surface area contributed by atoms with E-state index in [2.05, 4.69) is 17.9 Å². The maximum Gasteiger partial charge on any atom is 0.318 e. The van der Waals surface area contributed by atoms with Gasteiger partial charge in [-0.3, -0.25) is 0 Å². The second-order valence-electron chi connectivity index (χ2n) is 4.95. The van der Waals surface area contributed by atoms with Crippen LogP contribution < -0.4 is 5.32 Å². The van der Waals surface area contributed by atoms with Crippen molar-refractivity contribution in [3.05, 3.63) is 0 Å². The van der Waals surface area contributed by atoms with E-state index in [0.29, 0.717) is 6.54 Å². The van der Waals surface area contributed by atoms with Gasteiger partial charge in [-0.1, -0.05) is 19.3 Å². The number of likely N-dealkylation sites (tertiary alicyclic amines) is 1. The van der Waals surface area contributed by atoms with Crippen LogP contribution in [0, 0.1) is 0 Å². The zero-order valence-corrected chi connectivity index (χ0v) is 10.8. The maximum atomic E-state index is 12.0. The molecule has 2 aliphatic rings. The number of urea groups is 1. The van der Waals surface area contributed by atoms with Crippen LogP contribution >= 0.6 is 0 Å². The SMILES string of the molecule is O=C([S-])C1CCCN1C(=O)NC1CCCCC1. The number of hydrogen-bond donors (Lipinski definition) is 1. The largest absolute Gasteiger partial charge is 0.740 e. The molecular formula is C12H19N2O2S-. The van der Waals surface area contributed by atoms with Crippen LogP contribution in [0.15, 0.2) is 0 Å². The third-order valence-corrected chi connectivity index (χ3v) is 3.99. The van der Waals surface area contributed by atoms with Crippen LogP contribution in [-0.4, -0.2) is 34.7 Å². The zero-order valence-electron chi connectivity index (χ0n) is 9.98. The molecule has 2 rings (SSSR count). The second-order valence-corrected chi connectivity index (χ2v) is 5.36. The van der Waals surface area contributed by atoms with E-state index in [4.69, 9.17) is 0 Å². The summed E-state index contributed by atoms with van der Waals surface area (Å²) in [7, 11) is 0. The highest BCUT2D eigenvalue weighted by atomic mass is 32.1. The Balaban J connectivity index is 1.88. The predicted molar refractivity (Wildman–Crippen MR) is 67.5 cm³/mol. The highest BCUT2D eigenvalue weighted by Gasteiger charge is 2.30. The first-order valence-electron chi connectivity index (χ1n) is 6.46. The summed E-state index contributed by atoms with van der Waals surface area (Å²) in [5.74, 6) is 0. The summed E-state index contributed by atoms with van der Waals surface area (Å²) in [4.78, 5) is 24.9. The fourth-order valence-corrected chi connectivity index (χ4v) is 3.00. The summed E-state index contributed by atoms with van der Waals surface area (Å²) in [6, 6.07) is -0.177. The van der Waals surface area contributed by atoms with E-state index in [1.54, 1.807) is 4.90 Å². The molecule has 0 aromatic rings. The van der Waals surface area contributed by atoms with Crippen molar-refractivity contribution in [2.24, 2.45) is 0 Å². The molecule has 1 N–H and O–H groups in total. The van der Waals surface area contributed by atoms with Gasteiger partial charge in [0.1, 0.15) is 0 Å². The number of hydrogen-bond acceptors (Lipinski definition) is 3. The Bertz CT molecular complexity index is 303. The summed E-state index contributed by atoms with van der Waals surface area (Å²) in [5, 5.41) is 2.73. The smallest absolute Gasteiger partial charge is 0.318 e. The second kappa shape index (κ2) is 5.67. The van der Waals surface area contributed by atoms with E-state index in [-0.39, 0.29) is 23.2 Å². The van der Waals surface area contributed by atoms with Gasteiger partial charge in [-0.2, -0.15) is 0 Å². The van der Waals surface area contributed by atoms with Crippen molar-refractivity contribution in [2.75, 3.05) is 6.54 Å². The molecule has 0 spiro atoms. The van der Waals surface area contributed by atoms with Gasteiger partial charge in [0.15, 0.2) is 0 Å². The van der Waals surface area contributed by atoms with E-state index in [1.807, 2.05) is 0 Å². The molecule has 1 aliphatic carbocycles. The molecule has 0 bridgehead atoms. The minimum Gasteiger partial charge on any atom is -0.740 e. The van der Waals surface area contributed by atoms with E-state index < -0.39 is 0 Å². The number of rotatable bonds is 2. The first-order chi connectivity index (χ1) is 8.18. The molecule has 5 heteroatoms. The van der Waals surface area contributed by atoms with Gasteiger partial charge in [0, 0.05) is 17.7 Å². The lowest BCUT2D eigenvalue weighted by Gasteiger charge is -2.30. The molecule has 2 fully saturated rings. The van der Waals surface area contributed by atoms with E-state index in [9.17, 15) is 9.59 Å². The molecule has 17 heavy (non-hydrogen) atoms. The van der Waals surface area contributed by atoms with Crippen molar-refractivity contribution in [3.8, 4) is 0 Å². The van der Waals surface area contributed by atoms with Gasteiger partial charge >= 0.3 is 6.03 Å². The molecule has 1 heterocycles. The van der Waals surface area contributed by atoms with Crippen molar-refractivity contribution in [1.82, 2.24) is 10.2 Å². The first-order valence-corrected chi connectivity index (χ1v) is 6.87. The number of nitrogens with zero attached hydrogens (tertiary/aromatic N) is 1. The molecule has 0 aromatic heterocycles. The molecular weight excluding hydrogens is 236 g/mol. The molecule has 0 radical (unpaired) electrons. The average Bonchev–Trinajstić information content (AvgIpc) is 2.79. The lowest BCUT2D eigenvalue weighted by Crippen LogP contribution is -2.49. The molecule has 1 unspecified atom stereocenters. The molecule has 1 saturated carbocycles. The summed E-state index contributed by atoms with van der Waals surface area (Å²) in [5.41, 5.74) is 0. The standard InChI is InChI=1S/C12H20N2O2S/c15-11(17)10-7-4-8-14(10)12(16)13-9-5-2-1-3-6-9/h9-10H,1-8H2,(H,13,16)(H,15,17)/p-1. The van der Waals surface area contributed by atoms with Crippen molar-refractivity contribution >= 4 is 23.8 Å². The maximum absolute atomic E-state index is 12.0. The highest BCUT2D eigenvalue weighted by molar-refractivity contribution is 7.77. The summed E-state index contributed by atoms with van der Waals surface area (Å²) < 4.78 is 0. The van der Waals surface area contributed by atoms with E-state index in [1.165, 1.54) is 19.3 Å². The fourth-order valence-electron chi connectivity index (χ4n) is 2.76. The van der Waals surface area contributed by atoms with Gasteiger partial charge in [0.25, 0.3) is 0 Å². The van der Waals surface area contributed by atoms with Gasteiger partial charge < -0.3 is 27.6 Å². The molecule has 1 atom stereocenters. The van der Waals surface area contributed by atoms with E-state index >= 15 is 0 Å². The quantitative estimate of drug-likeness (QED) is 0.762. The first kappa shape index (κ1) is 12.6. The van der Waals surface area contributed by atoms with Gasteiger partial charge in [0.05, 0.1) is 6.04 Å². The Morgan fingerprint density at radius 1 is 1.06 bits per heavy atom. The fraction of sp³-hybridized carbons (Fsp3) is 0.833. The van der Waals surface area contributed by atoms with Crippen molar-refractivity contribution in [3.63, 3.8) is 0 Å². The number of amides is 2. The van der Waals surface area contributed by atoms with Crippen LogP contribution in [0.3, 0.4) is 0 Å². The molecule has 1 saturated heterocycles. The Labute approximate surface area is 108 Å². The molecule has 4 nitrogen and oxygen atoms in total. The third kappa shape index (κ3) is 3.09. The van der Waals surface area contributed by atoms with Gasteiger partial charge in [-0.05, 0) is 25.7 Å². The van der Waals surface area contributed by atoms with Crippen LogP contribution in [0.5, 0.6) is 0 Å². The Kier molecular flexibility index (Phi) is 4.20. The normalized spacial score (nSPS) is 25.9. The van der Waals surface area contributed by atoms with Gasteiger partial charge in [0.2, 0.25) is 0 Å².